The summed E-state index contributed by atoms with van der Waals surface area (Å²) in [7, 11) is 0. The molecule has 0 aliphatic heterocycles. The largest absolute Gasteiger partial charge is 0.475 e. The SMILES string of the molecule is CC(C)Oc1cc(NCCCOCCO)ncn1. The number of hydrogen-bond acceptors (Lipinski definition) is 6. The summed E-state index contributed by atoms with van der Waals surface area (Å²) in [6, 6.07) is 1.77. The molecule has 1 aromatic rings. The summed E-state index contributed by atoms with van der Waals surface area (Å²) >= 11 is 0. The average molecular weight is 255 g/mol. The van der Waals surface area contributed by atoms with Gasteiger partial charge in [0.05, 0.1) is 19.3 Å². The minimum absolute atomic E-state index is 0.0647. The molecular formula is C12H21N3O3. The maximum absolute atomic E-state index is 8.53. The van der Waals surface area contributed by atoms with Gasteiger partial charge in [0.2, 0.25) is 5.88 Å². The van der Waals surface area contributed by atoms with Crippen LogP contribution in [0.25, 0.3) is 0 Å². The second-order valence-electron chi connectivity index (χ2n) is 4.02. The van der Waals surface area contributed by atoms with Gasteiger partial charge in [-0.1, -0.05) is 0 Å². The van der Waals surface area contributed by atoms with Crippen LogP contribution in [-0.4, -0.2) is 47.5 Å². The van der Waals surface area contributed by atoms with E-state index < -0.39 is 0 Å². The van der Waals surface area contributed by atoms with Crippen LogP contribution in [0.3, 0.4) is 0 Å². The van der Waals surface area contributed by atoms with Crippen LogP contribution in [0.4, 0.5) is 5.82 Å². The normalized spacial score (nSPS) is 10.7. The smallest absolute Gasteiger partial charge is 0.218 e. The second kappa shape index (κ2) is 8.66. The van der Waals surface area contributed by atoms with E-state index in [4.69, 9.17) is 14.6 Å². The van der Waals surface area contributed by atoms with E-state index in [9.17, 15) is 0 Å². The molecule has 18 heavy (non-hydrogen) atoms. The molecule has 0 bridgehead atoms. The Hall–Kier alpha value is -1.40. The quantitative estimate of drug-likeness (QED) is 0.643. The van der Waals surface area contributed by atoms with Gasteiger partial charge in [-0.2, -0.15) is 0 Å². The summed E-state index contributed by atoms with van der Waals surface area (Å²) in [5, 5.41) is 11.7. The lowest BCUT2D eigenvalue weighted by atomic mass is 10.4. The van der Waals surface area contributed by atoms with E-state index in [1.165, 1.54) is 6.33 Å². The van der Waals surface area contributed by atoms with E-state index in [1.54, 1.807) is 6.07 Å². The highest BCUT2D eigenvalue weighted by Gasteiger charge is 2.01. The molecule has 0 unspecified atom stereocenters. The predicted octanol–water partition coefficient (Wildman–Crippen LogP) is 1.07. The zero-order valence-electron chi connectivity index (χ0n) is 10.9. The van der Waals surface area contributed by atoms with Crippen molar-refractivity contribution in [3.05, 3.63) is 12.4 Å². The highest BCUT2D eigenvalue weighted by molar-refractivity contribution is 5.36. The summed E-state index contributed by atoms with van der Waals surface area (Å²) < 4.78 is 10.6. The number of rotatable bonds is 9. The van der Waals surface area contributed by atoms with Gasteiger partial charge in [0.15, 0.2) is 0 Å². The molecule has 0 radical (unpaired) electrons. The third kappa shape index (κ3) is 6.36. The Kier molecular flexibility index (Phi) is 7.05. The highest BCUT2D eigenvalue weighted by atomic mass is 16.5. The van der Waals surface area contributed by atoms with E-state index in [-0.39, 0.29) is 12.7 Å². The summed E-state index contributed by atoms with van der Waals surface area (Å²) in [5.74, 6) is 1.31. The summed E-state index contributed by atoms with van der Waals surface area (Å²) in [6.07, 6.45) is 2.42. The van der Waals surface area contributed by atoms with Crippen molar-refractivity contribution in [1.29, 1.82) is 0 Å². The lowest BCUT2D eigenvalue weighted by molar-refractivity contribution is 0.0922. The maximum Gasteiger partial charge on any atom is 0.218 e. The topological polar surface area (TPSA) is 76.5 Å². The molecule has 0 saturated carbocycles. The van der Waals surface area contributed by atoms with E-state index in [1.807, 2.05) is 13.8 Å². The molecule has 2 N–H and O–H groups in total. The molecule has 6 nitrogen and oxygen atoms in total. The number of anilines is 1. The first-order chi connectivity index (χ1) is 8.72. The van der Waals surface area contributed by atoms with Crippen LogP contribution in [0.15, 0.2) is 12.4 Å². The number of nitrogens with one attached hydrogen (secondary N) is 1. The fourth-order valence-corrected chi connectivity index (χ4v) is 1.30. The van der Waals surface area contributed by atoms with E-state index >= 15 is 0 Å². The van der Waals surface area contributed by atoms with Crippen LogP contribution in [0.5, 0.6) is 5.88 Å². The number of nitrogens with zero attached hydrogens (tertiary/aromatic N) is 2. The molecule has 1 aromatic heterocycles. The Labute approximate surface area is 107 Å². The third-order valence-electron chi connectivity index (χ3n) is 2.01. The Morgan fingerprint density at radius 2 is 2.17 bits per heavy atom. The van der Waals surface area contributed by atoms with Crippen molar-refractivity contribution < 1.29 is 14.6 Å². The van der Waals surface area contributed by atoms with Gasteiger partial charge in [0, 0.05) is 19.2 Å². The van der Waals surface area contributed by atoms with Gasteiger partial charge >= 0.3 is 0 Å². The number of aromatic nitrogens is 2. The van der Waals surface area contributed by atoms with Crippen molar-refractivity contribution >= 4 is 5.82 Å². The molecule has 0 aliphatic carbocycles. The van der Waals surface area contributed by atoms with Crippen molar-refractivity contribution in [2.75, 3.05) is 31.7 Å². The molecule has 1 heterocycles. The van der Waals surface area contributed by atoms with E-state index in [2.05, 4.69) is 15.3 Å². The van der Waals surface area contributed by atoms with Gasteiger partial charge < -0.3 is 19.9 Å². The van der Waals surface area contributed by atoms with Crippen LogP contribution in [0.1, 0.15) is 20.3 Å². The zero-order chi connectivity index (χ0) is 13.2. The van der Waals surface area contributed by atoms with Crippen molar-refractivity contribution in [2.45, 2.75) is 26.4 Å². The van der Waals surface area contributed by atoms with Crippen molar-refractivity contribution in [3.8, 4) is 5.88 Å². The van der Waals surface area contributed by atoms with Crippen molar-refractivity contribution in [1.82, 2.24) is 9.97 Å². The van der Waals surface area contributed by atoms with E-state index in [0.717, 1.165) is 18.8 Å². The molecule has 0 saturated heterocycles. The summed E-state index contributed by atoms with van der Waals surface area (Å²) in [4.78, 5) is 8.12. The number of ether oxygens (including phenoxy) is 2. The molecule has 1 rings (SSSR count). The summed E-state index contributed by atoms with van der Waals surface area (Å²) in [6.45, 7) is 5.73. The highest BCUT2D eigenvalue weighted by Crippen LogP contribution is 2.12. The van der Waals surface area contributed by atoms with Crippen molar-refractivity contribution in [3.63, 3.8) is 0 Å². The second-order valence-corrected chi connectivity index (χ2v) is 4.02. The molecule has 0 aliphatic rings. The minimum Gasteiger partial charge on any atom is -0.475 e. The first kappa shape index (κ1) is 14.7. The molecule has 0 aromatic carbocycles. The fourth-order valence-electron chi connectivity index (χ4n) is 1.30. The predicted molar refractivity (Wildman–Crippen MR) is 68.8 cm³/mol. The van der Waals surface area contributed by atoms with Gasteiger partial charge in [-0.3, -0.25) is 0 Å². The van der Waals surface area contributed by atoms with Gasteiger partial charge in [-0.05, 0) is 20.3 Å². The lowest BCUT2D eigenvalue weighted by Crippen LogP contribution is -2.10. The number of aliphatic hydroxyl groups excluding tert-OH is 1. The Balaban J connectivity index is 2.25. The molecule has 6 heteroatoms. The minimum atomic E-state index is 0.0647. The first-order valence-corrected chi connectivity index (χ1v) is 6.13. The van der Waals surface area contributed by atoms with Crippen LogP contribution >= 0.6 is 0 Å². The maximum atomic E-state index is 8.53. The van der Waals surface area contributed by atoms with E-state index in [0.29, 0.717) is 19.1 Å². The zero-order valence-corrected chi connectivity index (χ0v) is 10.9. The number of aliphatic hydroxyl groups is 1. The molecule has 0 atom stereocenters. The van der Waals surface area contributed by atoms with Gasteiger partial charge in [0.25, 0.3) is 0 Å². The van der Waals surface area contributed by atoms with Crippen LogP contribution in [0, 0.1) is 0 Å². The average Bonchev–Trinajstić information content (AvgIpc) is 2.33. The van der Waals surface area contributed by atoms with Gasteiger partial charge in [0.1, 0.15) is 12.1 Å². The Bertz CT molecular complexity index is 334. The lowest BCUT2D eigenvalue weighted by Gasteiger charge is -2.10. The fraction of sp³-hybridized carbons (Fsp3) is 0.667. The van der Waals surface area contributed by atoms with Gasteiger partial charge in [-0.25, -0.2) is 9.97 Å². The molecular weight excluding hydrogens is 234 g/mol. The third-order valence-corrected chi connectivity index (χ3v) is 2.01. The molecule has 0 amide bonds. The first-order valence-electron chi connectivity index (χ1n) is 6.13. The molecule has 0 fully saturated rings. The Morgan fingerprint density at radius 3 is 2.89 bits per heavy atom. The van der Waals surface area contributed by atoms with Crippen LogP contribution < -0.4 is 10.1 Å². The summed E-state index contributed by atoms with van der Waals surface area (Å²) in [5.41, 5.74) is 0. The molecule has 102 valence electrons. The van der Waals surface area contributed by atoms with Crippen molar-refractivity contribution in [2.24, 2.45) is 0 Å². The molecule has 0 spiro atoms. The van der Waals surface area contributed by atoms with Crippen LogP contribution in [-0.2, 0) is 4.74 Å². The monoisotopic (exact) mass is 255 g/mol. The standard InChI is InChI=1S/C12H21N3O3/c1-10(2)18-12-8-11(14-9-15-12)13-4-3-6-17-7-5-16/h8-10,16H,3-7H2,1-2H3,(H,13,14,15). The van der Waals surface area contributed by atoms with Crippen LogP contribution in [0.2, 0.25) is 0 Å². The number of hydrogen-bond donors (Lipinski definition) is 2. The Morgan fingerprint density at radius 1 is 1.33 bits per heavy atom. The van der Waals surface area contributed by atoms with Gasteiger partial charge in [-0.15, -0.1) is 0 Å².